The predicted molar refractivity (Wildman–Crippen MR) is 65.4 cm³/mol. The predicted octanol–water partition coefficient (Wildman–Crippen LogP) is 1.02. The average Bonchev–Trinajstić information content (AvgIpc) is 2.41. The summed E-state index contributed by atoms with van der Waals surface area (Å²) in [4.78, 5) is 0. The maximum absolute atomic E-state index is 10.2. The molecule has 0 aliphatic carbocycles. The third-order valence-corrected chi connectivity index (χ3v) is 2.55. The highest BCUT2D eigenvalue weighted by atomic mass is 16.3. The lowest BCUT2D eigenvalue weighted by Gasteiger charge is -2.25. The van der Waals surface area contributed by atoms with E-state index in [4.69, 9.17) is 0 Å². The van der Waals surface area contributed by atoms with E-state index in [2.05, 4.69) is 24.3 Å². The Morgan fingerprint density at radius 3 is 2.62 bits per heavy atom. The first-order valence-corrected chi connectivity index (χ1v) is 5.75. The first-order chi connectivity index (χ1) is 7.30. The Labute approximate surface area is 97.7 Å². The molecule has 1 aromatic heterocycles. The lowest BCUT2D eigenvalue weighted by molar-refractivity contribution is 0.0562. The summed E-state index contributed by atoms with van der Waals surface area (Å²) in [7, 11) is 1.91. The van der Waals surface area contributed by atoms with Crippen LogP contribution < -0.4 is 5.32 Å². The van der Waals surface area contributed by atoms with Gasteiger partial charge in [0.25, 0.3) is 0 Å². The van der Waals surface area contributed by atoms with Crippen LogP contribution in [0.15, 0.2) is 6.07 Å². The first-order valence-electron chi connectivity index (χ1n) is 5.75. The molecule has 0 aliphatic heterocycles. The molecule has 0 aromatic carbocycles. The third-order valence-electron chi connectivity index (χ3n) is 2.55. The van der Waals surface area contributed by atoms with Crippen LogP contribution in [0.25, 0.3) is 0 Å². The minimum atomic E-state index is -0.732. The molecule has 4 nitrogen and oxygen atoms in total. The smallest absolute Gasteiger partial charge is 0.0798 e. The second-order valence-corrected chi connectivity index (χ2v) is 5.11. The van der Waals surface area contributed by atoms with E-state index in [0.717, 1.165) is 11.4 Å². The van der Waals surface area contributed by atoms with Gasteiger partial charge in [-0.2, -0.15) is 5.10 Å². The zero-order valence-electron chi connectivity index (χ0n) is 10.9. The van der Waals surface area contributed by atoms with Gasteiger partial charge in [0.05, 0.1) is 11.3 Å². The normalized spacial score (nSPS) is 15.4. The monoisotopic (exact) mass is 225 g/mol. The van der Waals surface area contributed by atoms with Gasteiger partial charge in [0.1, 0.15) is 0 Å². The third kappa shape index (κ3) is 3.94. The number of aliphatic hydroxyl groups is 1. The number of nitrogens with zero attached hydrogens (tertiary/aromatic N) is 2. The molecule has 1 rings (SSSR count). The molecule has 0 saturated heterocycles. The van der Waals surface area contributed by atoms with Gasteiger partial charge in [0.15, 0.2) is 0 Å². The maximum atomic E-state index is 10.2. The van der Waals surface area contributed by atoms with E-state index < -0.39 is 5.60 Å². The molecule has 4 heteroatoms. The number of aryl methyl sites for hydroxylation is 2. The molecule has 92 valence electrons. The Morgan fingerprint density at radius 1 is 1.56 bits per heavy atom. The molecule has 0 fully saturated rings. The fourth-order valence-corrected chi connectivity index (χ4v) is 1.71. The number of aromatic nitrogens is 2. The van der Waals surface area contributed by atoms with Crippen molar-refractivity contribution in [2.45, 2.75) is 45.8 Å². The van der Waals surface area contributed by atoms with E-state index in [1.807, 2.05) is 31.6 Å². The van der Waals surface area contributed by atoms with Gasteiger partial charge in [0, 0.05) is 31.7 Å². The zero-order chi connectivity index (χ0) is 12.3. The summed E-state index contributed by atoms with van der Waals surface area (Å²) in [5.74, 6) is 0. The fourth-order valence-electron chi connectivity index (χ4n) is 1.71. The SMILES string of the molecule is Cc1cc(CC(C)(O)CNC(C)C)n(C)n1. The fraction of sp³-hybridized carbons (Fsp3) is 0.750. The van der Waals surface area contributed by atoms with Gasteiger partial charge in [-0.1, -0.05) is 13.8 Å². The molecule has 1 atom stereocenters. The van der Waals surface area contributed by atoms with Gasteiger partial charge in [0.2, 0.25) is 0 Å². The number of rotatable bonds is 5. The topological polar surface area (TPSA) is 50.1 Å². The van der Waals surface area contributed by atoms with Crippen LogP contribution in [-0.4, -0.2) is 33.1 Å². The Hall–Kier alpha value is -0.870. The van der Waals surface area contributed by atoms with Crippen LogP contribution >= 0.6 is 0 Å². The minimum Gasteiger partial charge on any atom is -0.388 e. The van der Waals surface area contributed by atoms with E-state index in [9.17, 15) is 5.11 Å². The summed E-state index contributed by atoms with van der Waals surface area (Å²) < 4.78 is 1.83. The molecule has 16 heavy (non-hydrogen) atoms. The molecule has 0 radical (unpaired) electrons. The van der Waals surface area contributed by atoms with Crippen LogP contribution in [0.2, 0.25) is 0 Å². The second-order valence-electron chi connectivity index (χ2n) is 5.11. The van der Waals surface area contributed by atoms with Crippen LogP contribution in [0.4, 0.5) is 0 Å². The highest BCUT2D eigenvalue weighted by Gasteiger charge is 2.22. The van der Waals surface area contributed by atoms with Crippen molar-refractivity contribution in [1.82, 2.24) is 15.1 Å². The van der Waals surface area contributed by atoms with E-state index in [1.165, 1.54) is 0 Å². The Morgan fingerprint density at radius 2 is 2.19 bits per heavy atom. The maximum Gasteiger partial charge on any atom is 0.0798 e. The van der Waals surface area contributed by atoms with Gasteiger partial charge in [-0.05, 0) is 19.9 Å². The van der Waals surface area contributed by atoms with Crippen molar-refractivity contribution in [3.63, 3.8) is 0 Å². The van der Waals surface area contributed by atoms with E-state index in [-0.39, 0.29) is 0 Å². The Bertz CT molecular complexity index is 342. The number of nitrogens with one attached hydrogen (secondary N) is 1. The van der Waals surface area contributed by atoms with Crippen LogP contribution in [0.1, 0.15) is 32.2 Å². The van der Waals surface area contributed by atoms with Gasteiger partial charge in [-0.3, -0.25) is 4.68 Å². The average molecular weight is 225 g/mol. The molecule has 0 spiro atoms. The number of hydrogen-bond acceptors (Lipinski definition) is 3. The van der Waals surface area contributed by atoms with Crippen molar-refractivity contribution in [3.8, 4) is 0 Å². The first kappa shape index (κ1) is 13.2. The van der Waals surface area contributed by atoms with Gasteiger partial charge in [-0.25, -0.2) is 0 Å². The van der Waals surface area contributed by atoms with E-state index >= 15 is 0 Å². The zero-order valence-corrected chi connectivity index (χ0v) is 10.9. The van der Waals surface area contributed by atoms with Crippen molar-refractivity contribution in [1.29, 1.82) is 0 Å². The molecular formula is C12H23N3O. The molecule has 1 heterocycles. The summed E-state index contributed by atoms with van der Waals surface area (Å²) >= 11 is 0. The molecule has 0 bridgehead atoms. The highest BCUT2D eigenvalue weighted by molar-refractivity contribution is 5.11. The van der Waals surface area contributed by atoms with E-state index in [0.29, 0.717) is 19.0 Å². The molecule has 0 amide bonds. The molecule has 0 aliphatic rings. The summed E-state index contributed by atoms with van der Waals surface area (Å²) in [6.45, 7) is 8.55. The lowest BCUT2D eigenvalue weighted by atomic mass is 9.99. The minimum absolute atomic E-state index is 0.389. The summed E-state index contributed by atoms with van der Waals surface area (Å²) in [6, 6.07) is 2.41. The Balaban J connectivity index is 2.61. The molecule has 1 unspecified atom stereocenters. The van der Waals surface area contributed by atoms with Crippen molar-refractivity contribution in [2.24, 2.45) is 7.05 Å². The van der Waals surface area contributed by atoms with Crippen molar-refractivity contribution >= 4 is 0 Å². The second kappa shape index (κ2) is 4.97. The largest absolute Gasteiger partial charge is 0.388 e. The van der Waals surface area contributed by atoms with E-state index in [1.54, 1.807) is 0 Å². The highest BCUT2D eigenvalue weighted by Crippen LogP contribution is 2.13. The Kier molecular flexibility index (Phi) is 4.10. The van der Waals surface area contributed by atoms with Crippen molar-refractivity contribution in [2.75, 3.05) is 6.54 Å². The van der Waals surface area contributed by atoms with Crippen LogP contribution in [0.5, 0.6) is 0 Å². The molecule has 2 N–H and O–H groups in total. The van der Waals surface area contributed by atoms with Gasteiger partial charge in [-0.15, -0.1) is 0 Å². The van der Waals surface area contributed by atoms with Crippen LogP contribution in [0.3, 0.4) is 0 Å². The lowest BCUT2D eigenvalue weighted by Crippen LogP contribution is -2.42. The molecular weight excluding hydrogens is 202 g/mol. The van der Waals surface area contributed by atoms with Crippen molar-refractivity contribution in [3.05, 3.63) is 17.5 Å². The van der Waals surface area contributed by atoms with Crippen LogP contribution in [0, 0.1) is 6.92 Å². The molecule has 1 aromatic rings. The van der Waals surface area contributed by atoms with Gasteiger partial charge < -0.3 is 10.4 Å². The number of hydrogen-bond donors (Lipinski definition) is 2. The molecule has 0 saturated carbocycles. The van der Waals surface area contributed by atoms with Crippen LogP contribution in [-0.2, 0) is 13.5 Å². The summed E-state index contributed by atoms with van der Waals surface area (Å²) in [6.07, 6.45) is 0.615. The van der Waals surface area contributed by atoms with Crippen molar-refractivity contribution < 1.29 is 5.11 Å². The quantitative estimate of drug-likeness (QED) is 0.786. The standard InChI is InChI=1S/C12H23N3O/c1-9(2)13-8-12(4,16)7-11-6-10(3)14-15(11)5/h6,9,13,16H,7-8H2,1-5H3. The van der Waals surface area contributed by atoms with Gasteiger partial charge >= 0.3 is 0 Å². The summed E-state index contributed by atoms with van der Waals surface area (Å²) in [5, 5.41) is 17.8. The summed E-state index contributed by atoms with van der Waals surface area (Å²) in [5.41, 5.74) is 1.32.